The molecule has 2 nitrogen and oxygen atoms in total. The first-order chi connectivity index (χ1) is 7.75. The minimum absolute atomic E-state index is 0.656. The molecule has 0 unspecified atom stereocenters. The average molecular weight is 256 g/mol. The minimum Gasteiger partial charge on any atom is -0.472 e. The molecule has 1 aromatic carbocycles. The fourth-order valence-corrected chi connectivity index (χ4v) is 1.88. The van der Waals surface area contributed by atoms with Crippen LogP contribution in [0.2, 0.25) is 10.0 Å². The van der Waals surface area contributed by atoms with Gasteiger partial charge in [-0.05, 0) is 23.8 Å². The van der Waals surface area contributed by atoms with Gasteiger partial charge in [-0.2, -0.15) is 0 Å². The Hall–Kier alpha value is -0.960. The zero-order chi connectivity index (χ0) is 11.4. The molecule has 0 spiro atoms. The van der Waals surface area contributed by atoms with Crippen molar-refractivity contribution < 1.29 is 4.42 Å². The molecule has 1 N–H and O–H groups in total. The summed E-state index contributed by atoms with van der Waals surface area (Å²) in [4.78, 5) is 0. The van der Waals surface area contributed by atoms with Crippen LogP contribution in [0.5, 0.6) is 0 Å². The first-order valence-corrected chi connectivity index (χ1v) is 5.67. The van der Waals surface area contributed by atoms with E-state index in [-0.39, 0.29) is 0 Å². The first kappa shape index (κ1) is 11.5. The number of halogens is 2. The van der Waals surface area contributed by atoms with E-state index in [4.69, 9.17) is 27.6 Å². The van der Waals surface area contributed by atoms with E-state index in [1.165, 1.54) is 0 Å². The Kier molecular flexibility index (Phi) is 3.88. The second kappa shape index (κ2) is 5.39. The van der Waals surface area contributed by atoms with Gasteiger partial charge in [-0.15, -0.1) is 0 Å². The molecule has 84 valence electrons. The lowest BCUT2D eigenvalue weighted by atomic mass is 10.2. The van der Waals surface area contributed by atoms with Crippen molar-refractivity contribution >= 4 is 23.2 Å². The van der Waals surface area contributed by atoms with Gasteiger partial charge in [0.05, 0.1) is 12.5 Å². The summed E-state index contributed by atoms with van der Waals surface area (Å²) in [6.07, 6.45) is 3.38. The largest absolute Gasteiger partial charge is 0.472 e. The van der Waals surface area contributed by atoms with Crippen LogP contribution < -0.4 is 5.32 Å². The fourth-order valence-electron chi connectivity index (χ4n) is 1.40. The molecule has 0 aliphatic rings. The highest BCUT2D eigenvalue weighted by Crippen LogP contribution is 2.20. The molecule has 0 saturated heterocycles. The van der Waals surface area contributed by atoms with Gasteiger partial charge in [0.2, 0.25) is 0 Å². The van der Waals surface area contributed by atoms with E-state index in [1.807, 2.05) is 18.2 Å². The number of hydrogen-bond acceptors (Lipinski definition) is 2. The Morgan fingerprint density at radius 1 is 1.12 bits per heavy atom. The molecule has 16 heavy (non-hydrogen) atoms. The van der Waals surface area contributed by atoms with Gasteiger partial charge in [0.25, 0.3) is 0 Å². The Balaban J connectivity index is 1.90. The highest BCUT2D eigenvalue weighted by Gasteiger charge is 2.01. The Morgan fingerprint density at radius 2 is 2.00 bits per heavy atom. The molecule has 0 radical (unpaired) electrons. The van der Waals surface area contributed by atoms with Gasteiger partial charge in [0, 0.05) is 28.7 Å². The van der Waals surface area contributed by atoms with Crippen molar-refractivity contribution in [1.82, 2.24) is 5.32 Å². The van der Waals surface area contributed by atoms with Crippen molar-refractivity contribution in [3.8, 4) is 0 Å². The summed E-state index contributed by atoms with van der Waals surface area (Å²) < 4.78 is 4.97. The predicted molar refractivity (Wildman–Crippen MR) is 65.7 cm³/mol. The van der Waals surface area contributed by atoms with Crippen LogP contribution in [0.1, 0.15) is 11.1 Å². The first-order valence-electron chi connectivity index (χ1n) is 4.91. The highest BCUT2D eigenvalue weighted by molar-refractivity contribution is 6.35. The Labute approximate surface area is 104 Å². The monoisotopic (exact) mass is 255 g/mol. The maximum atomic E-state index is 6.05. The maximum absolute atomic E-state index is 6.05. The van der Waals surface area contributed by atoms with E-state index in [2.05, 4.69) is 5.32 Å². The van der Waals surface area contributed by atoms with Gasteiger partial charge in [0.1, 0.15) is 0 Å². The summed E-state index contributed by atoms with van der Waals surface area (Å²) in [6.45, 7) is 1.47. The lowest BCUT2D eigenvalue weighted by Gasteiger charge is -2.05. The van der Waals surface area contributed by atoms with Crippen LogP contribution in [0, 0.1) is 0 Å². The van der Waals surface area contributed by atoms with E-state index in [9.17, 15) is 0 Å². The highest BCUT2D eigenvalue weighted by atomic mass is 35.5. The van der Waals surface area contributed by atoms with Gasteiger partial charge in [-0.1, -0.05) is 29.3 Å². The van der Waals surface area contributed by atoms with Crippen LogP contribution in [-0.2, 0) is 13.1 Å². The van der Waals surface area contributed by atoms with E-state index in [1.54, 1.807) is 18.6 Å². The van der Waals surface area contributed by atoms with Gasteiger partial charge < -0.3 is 9.73 Å². The van der Waals surface area contributed by atoms with Crippen LogP contribution in [0.3, 0.4) is 0 Å². The number of nitrogens with one attached hydrogen (secondary N) is 1. The number of hydrogen-bond donors (Lipinski definition) is 1. The van der Waals surface area contributed by atoms with Gasteiger partial charge in [-0.3, -0.25) is 0 Å². The number of benzene rings is 1. The fraction of sp³-hybridized carbons (Fsp3) is 0.167. The number of rotatable bonds is 4. The SMILES string of the molecule is Clc1ccc(CNCc2ccoc2)c(Cl)c1. The van der Waals surface area contributed by atoms with Gasteiger partial charge in [0.15, 0.2) is 0 Å². The van der Waals surface area contributed by atoms with Gasteiger partial charge >= 0.3 is 0 Å². The smallest absolute Gasteiger partial charge is 0.0947 e. The Bertz CT molecular complexity index is 454. The van der Waals surface area contributed by atoms with E-state index < -0.39 is 0 Å². The summed E-state index contributed by atoms with van der Waals surface area (Å²) in [5.41, 5.74) is 2.15. The van der Waals surface area contributed by atoms with Crippen molar-refractivity contribution in [3.63, 3.8) is 0 Å². The predicted octanol–water partition coefficient (Wildman–Crippen LogP) is 3.88. The van der Waals surface area contributed by atoms with Crippen molar-refractivity contribution in [2.24, 2.45) is 0 Å². The molecule has 0 fully saturated rings. The number of furan rings is 1. The summed E-state index contributed by atoms with van der Waals surface area (Å²) in [5.74, 6) is 0. The van der Waals surface area contributed by atoms with Crippen LogP contribution in [0.4, 0.5) is 0 Å². The summed E-state index contributed by atoms with van der Waals surface area (Å²) in [6, 6.07) is 7.43. The van der Waals surface area contributed by atoms with Crippen LogP contribution >= 0.6 is 23.2 Å². The average Bonchev–Trinajstić information content (AvgIpc) is 2.74. The molecule has 1 heterocycles. The molecule has 1 aromatic heterocycles. The third-order valence-electron chi connectivity index (χ3n) is 2.24. The molecule has 2 aromatic rings. The third-order valence-corrected chi connectivity index (χ3v) is 2.83. The summed E-state index contributed by atoms with van der Waals surface area (Å²) in [5, 5.41) is 4.62. The van der Waals surface area contributed by atoms with Crippen LogP contribution in [0.15, 0.2) is 41.2 Å². The maximum Gasteiger partial charge on any atom is 0.0947 e. The standard InChI is InChI=1S/C12H11Cl2NO/c13-11-2-1-10(12(14)5-11)7-15-6-9-3-4-16-8-9/h1-5,8,15H,6-7H2. The van der Waals surface area contributed by atoms with E-state index in [0.29, 0.717) is 16.6 Å². The molecule has 0 atom stereocenters. The molecular formula is C12H11Cl2NO. The molecule has 0 aliphatic heterocycles. The normalized spacial score (nSPS) is 10.6. The van der Waals surface area contributed by atoms with Gasteiger partial charge in [-0.25, -0.2) is 0 Å². The second-order valence-corrected chi connectivity index (χ2v) is 4.31. The van der Waals surface area contributed by atoms with E-state index in [0.717, 1.165) is 17.7 Å². The Morgan fingerprint density at radius 3 is 2.69 bits per heavy atom. The van der Waals surface area contributed by atoms with Crippen LogP contribution in [-0.4, -0.2) is 0 Å². The lowest BCUT2D eigenvalue weighted by Crippen LogP contribution is -2.12. The zero-order valence-corrected chi connectivity index (χ0v) is 10.1. The molecule has 0 bridgehead atoms. The molecule has 2 rings (SSSR count). The van der Waals surface area contributed by atoms with Crippen molar-refractivity contribution in [1.29, 1.82) is 0 Å². The zero-order valence-electron chi connectivity index (χ0n) is 8.54. The quantitative estimate of drug-likeness (QED) is 0.898. The summed E-state index contributed by atoms with van der Waals surface area (Å²) in [7, 11) is 0. The molecular weight excluding hydrogens is 245 g/mol. The minimum atomic E-state index is 0.656. The van der Waals surface area contributed by atoms with Crippen molar-refractivity contribution in [3.05, 3.63) is 58.0 Å². The molecule has 0 amide bonds. The topological polar surface area (TPSA) is 25.2 Å². The molecule has 0 aliphatic carbocycles. The van der Waals surface area contributed by atoms with Crippen molar-refractivity contribution in [2.75, 3.05) is 0 Å². The molecule has 0 saturated carbocycles. The summed E-state index contributed by atoms with van der Waals surface area (Å²) >= 11 is 11.9. The lowest BCUT2D eigenvalue weighted by molar-refractivity contribution is 0.560. The van der Waals surface area contributed by atoms with Crippen LogP contribution in [0.25, 0.3) is 0 Å². The second-order valence-electron chi connectivity index (χ2n) is 3.47. The molecule has 4 heteroatoms. The third kappa shape index (κ3) is 3.01. The van der Waals surface area contributed by atoms with Crippen molar-refractivity contribution in [2.45, 2.75) is 13.1 Å². The van der Waals surface area contributed by atoms with E-state index >= 15 is 0 Å².